The van der Waals surface area contributed by atoms with E-state index in [0.717, 1.165) is 48.2 Å². The number of esters is 1. The second-order valence-corrected chi connectivity index (χ2v) is 7.00. The Morgan fingerprint density at radius 2 is 1.92 bits per heavy atom. The number of nitrogens with one attached hydrogen (secondary N) is 1. The van der Waals surface area contributed by atoms with E-state index in [1.807, 2.05) is 26.0 Å². The van der Waals surface area contributed by atoms with Gasteiger partial charge in [0.15, 0.2) is 5.78 Å². The molecular weight excluding hydrogens is 326 g/mol. The number of hydrogen-bond acceptors (Lipinski definition) is 4. The molecule has 0 radical (unpaired) electrons. The first-order chi connectivity index (χ1) is 12.6. The van der Waals surface area contributed by atoms with Crippen LogP contribution in [-0.2, 0) is 20.7 Å². The van der Waals surface area contributed by atoms with Gasteiger partial charge < -0.3 is 10.1 Å². The fourth-order valence-corrected chi connectivity index (χ4v) is 3.81. The first-order valence-corrected chi connectivity index (χ1v) is 9.56. The van der Waals surface area contributed by atoms with Gasteiger partial charge in [-0.2, -0.15) is 0 Å². The molecule has 3 rings (SSSR count). The molecule has 0 saturated heterocycles. The molecule has 0 fully saturated rings. The van der Waals surface area contributed by atoms with E-state index in [1.165, 1.54) is 5.56 Å². The summed E-state index contributed by atoms with van der Waals surface area (Å²) in [5, 5.41) is 3.32. The molecular formula is C22H27NO3. The number of ketones is 1. The third-order valence-corrected chi connectivity index (χ3v) is 5.15. The fourth-order valence-electron chi connectivity index (χ4n) is 3.81. The Bertz CT molecular complexity index is 771. The molecule has 0 spiro atoms. The molecule has 0 bridgehead atoms. The molecule has 0 aromatic heterocycles. The number of allylic oxidation sites excluding steroid dienone is 3. The lowest BCUT2D eigenvalue weighted by molar-refractivity contribution is -0.139. The number of Topliss-reactive ketones (excluding diaryl/α,β-unsaturated/α-hetero) is 1. The Labute approximate surface area is 155 Å². The molecule has 0 amide bonds. The van der Waals surface area contributed by atoms with Crippen molar-refractivity contribution in [2.45, 2.75) is 58.8 Å². The Morgan fingerprint density at radius 3 is 2.58 bits per heavy atom. The summed E-state index contributed by atoms with van der Waals surface area (Å²) in [5.41, 5.74) is 5.29. The van der Waals surface area contributed by atoms with Gasteiger partial charge in [0.1, 0.15) is 0 Å². The van der Waals surface area contributed by atoms with Crippen LogP contribution in [0.2, 0.25) is 0 Å². The van der Waals surface area contributed by atoms with E-state index in [4.69, 9.17) is 4.74 Å². The number of carbonyl (C=O) groups is 2. The maximum atomic E-state index is 12.8. The van der Waals surface area contributed by atoms with Crippen molar-refractivity contribution in [2.24, 2.45) is 0 Å². The van der Waals surface area contributed by atoms with Crippen LogP contribution >= 0.6 is 0 Å². The highest BCUT2D eigenvalue weighted by Gasteiger charge is 2.38. The lowest BCUT2D eigenvalue weighted by Gasteiger charge is -2.34. The Balaban J connectivity index is 2.08. The molecule has 1 aromatic rings. The third kappa shape index (κ3) is 3.46. The van der Waals surface area contributed by atoms with Gasteiger partial charge in [0.05, 0.1) is 12.2 Å². The Morgan fingerprint density at radius 1 is 1.19 bits per heavy atom. The molecule has 4 nitrogen and oxygen atoms in total. The summed E-state index contributed by atoms with van der Waals surface area (Å²) in [4.78, 5) is 25.6. The normalized spacial score (nSPS) is 20.0. The molecule has 1 aliphatic carbocycles. The molecule has 1 atom stereocenters. The minimum atomic E-state index is -0.339. The maximum Gasteiger partial charge on any atom is 0.336 e. The number of rotatable bonds is 5. The molecule has 0 unspecified atom stereocenters. The molecule has 1 N–H and O–H groups in total. The summed E-state index contributed by atoms with van der Waals surface area (Å²) in [7, 11) is 0. The largest absolute Gasteiger partial charge is 0.462 e. The summed E-state index contributed by atoms with van der Waals surface area (Å²) in [6, 6.07) is 8.24. The predicted octanol–water partition coefficient (Wildman–Crippen LogP) is 4.17. The first-order valence-electron chi connectivity index (χ1n) is 9.56. The first kappa shape index (κ1) is 18.4. The zero-order chi connectivity index (χ0) is 18.7. The standard InChI is InChI=1S/C22H27NO3/c1-4-13-26-22(25)19-14(3)23-17-7-6-8-18(24)21(17)20(19)16-11-9-15(5-2)10-12-16/h9-12,20,23H,4-8,13H2,1-3H3/t20-/m1/s1. The highest BCUT2D eigenvalue weighted by Crippen LogP contribution is 2.42. The van der Waals surface area contributed by atoms with E-state index in [9.17, 15) is 9.59 Å². The van der Waals surface area contributed by atoms with Crippen LogP contribution < -0.4 is 5.32 Å². The summed E-state index contributed by atoms with van der Waals surface area (Å²) in [5.74, 6) is -0.530. The van der Waals surface area contributed by atoms with Gasteiger partial charge in [-0.15, -0.1) is 0 Å². The van der Waals surface area contributed by atoms with Gasteiger partial charge in [0.25, 0.3) is 0 Å². The molecule has 4 heteroatoms. The second-order valence-electron chi connectivity index (χ2n) is 7.00. The minimum Gasteiger partial charge on any atom is -0.462 e. The van der Waals surface area contributed by atoms with E-state index in [0.29, 0.717) is 18.6 Å². The quantitative estimate of drug-likeness (QED) is 0.807. The highest BCUT2D eigenvalue weighted by atomic mass is 16.5. The fraction of sp³-hybridized carbons (Fsp3) is 0.455. The molecule has 1 aromatic carbocycles. The topological polar surface area (TPSA) is 55.4 Å². The number of hydrogen-bond donors (Lipinski definition) is 1. The van der Waals surface area contributed by atoms with Crippen LogP contribution in [0.25, 0.3) is 0 Å². The number of benzene rings is 1. The van der Waals surface area contributed by atoms with Crippen molar-refractivity contribution in [3.05, 3.63) is 57.9 Å². The van der Waals surface area contributed by atoms with Gasteiger partial charge in [0.2, 0.25) is 0 Å². The van der Waals surface area contributed by atoms with E-state index in [-0.39, 0.29) is 17.7 Å². The molecule has 1 aliphatic heterocycles. The van der Waals surface area contributed by atoms with E-state index in [1.54, 1.807) is 0 Å². The highest BCUT2D eigenvalue weighted by molar-refractivity contribution is 6.03. The van der Waals surface area contributed by atoms with E-state index >= 15 is 0 Å². The van der Waals surface area contributed by atoms with Crippen LogP contribution in [0.5, 0.6) is 0 Å². The second kappa shape index (κ2) is 7.90. The van der Waals surface area contributed by atoms with Crippen molar-refractivity contribution < 1.29 is 14.3 Å². The summed E-state index contributed by atoms with van der Waals surface area (Å²) >= 11 is 0. The van der Waals surface area contributed by atoms with Crippen molar-refractivity contribution in [2.75, 3.05) is 6.61 Å². The molecule has 26 heavy (non-hydrogen) atoms. The molecule has 1 heterocycles. The van der Waals surface area contributed by atoms with E-state index < -0.39 is 0 Å². The van der Waals surface area contributed by atoms with Gasteiger partial charge in [-0.05, 0) is 43.7 Å². The monoisotopic (exact) mass is 353 g/mol. The lowest BCUT2D eigenvalue weighted by Crippen LogP contribution is -2.34. The van der Waals surface area contributed by atoms with Gasteiger partial charge in [-0.25, -0.2) is 4.79 Å². The summed E-state index contributed by atoms with van der Waals surface area (Å²) in [6.45, 7) is 6.37. The number of ether oxygens (including phenoxy) is 1. The zero-order valence-corrected chi connectivity index (χ0v) is 15.9. The van der Waals surface area contributed by atoms with Crippen molar-refractivity contribution >= 4 is 11.8 Å². The van der Waals surface area contributed by atoms with Crippen molar-refractivity contribution in [1.29, 1.82) is 0 Å². The van der Waals surface area contributed by atoms with Gasteiger partial charge in [-0.3, -0.25) is 4.79 Å². The van der Waals surface area contributed by atoms with Crippen LogP contribution in [0.15, 0.2) is 46.8 Å². The number of carbonyl (C=O) groups excluding carboxylic acids is 2. The van der Waals surface area contributed by atoms with Gasteiger partial charge in [0, 0.05) is 29.3 Å². The van der Waals surface area contributed by atoms with Crippen molar-refractivity contribution in [3.63, 3.8) is 0 Å². The van der Waals surface area contributed by atoms with Crippen LogP contribution in [0.1, 0.15) is 63.5 Å². The lowest BCUT2D eigenvalue weighted by atomic mass is 9.75. The predicted molar refractivity (Wildman–Crippen MR) is 102 cm³/mol. The van der Waals surface area contributed by atoms with Crippen LogP contribution in [0, 0.1) is 0 Å². The smallest absolute Gasteiger partial charge is 0.336 e. The van der Waals surface area contributed by atoms with Crippen molar-refractivity contribution in [1.82, 2.24) is 5.32 Å². The molecule has 0 saturated carbocycles. The van der Waals surface area contributed by atoms with Crippen LogP contribution in [0.3, 0.4) is 0 Å². The average Bonchev–Trinajstić information content (AvgIpc) is 2.65. The third-order valence-electron chi connectivity index (χ3n) is 5.15. The minimum absolute atomic E-state index is 0.136. The zero-order valence-electron chi connectivity index (χ0n) is 15.9. The van der Waals surface area contributed by atoms with Gasteiger partial charge >= 0.3 is 5.97 Å². The Hall–Kier alpha value is -2.36. The Kier molecular flexibility index (Phi) is 5.60. The number of aryl methyl sites for hydroxylation is 1. The summed E-state index contributed by atoms with van der Waals surface area (Å²) < 4.78 is 5.44. The van der Waals surface area contributed by atoms with Crippen LogP contribution in [-0.4, -0.2) is 18.4 Å². The molecule has 138 valence electrons. The maximum absolute atomic E-state index is 12.8. The number of dihydropyridines is 1. The average molecular weight is 353 g/mol. The molecule has 2 aliphatic rings. The van der Waals surface area contributed by atoms with Gasteiger partial charge in [-0.1, -0.05) is 38.1 Å². The summed E-state index contributed by atoms with van der Waals surface area (Å²) in [6.07, 6.45) is 3.97. The van der Waals surface area contributed by atoms with E-state index in [2.05, 4.69) is 24.4 Å². The van der Waals surface area contributed by atoms with Crippen LogP contribution in [0.4, 0.5) is 0 Å². The SMILES string of the molecule is CCCOC(=O)C1=C(C)NC2=C(C(=O)CCC2)[C@@H]1c1ccc(CC)cc1. The van der Waals surface area contributed by atoms with Crippen molar-refractivity contribution in [3.8, 4) is 0 Å².